The summed E-state index contributed by atoms with van der Waals surface area (Å²) >= 11 is 1.48. The van der Waals surface area contributed by atoms with Crippen LogP contribution in [0.4, 0.5) is 0 Å². The van der Waals surface area contributed by atoms with Gasteiger partial charge in [0.1, 0.15) is 4.88 Å². The Hall–Kier alpha value is -2.50. The number of amides is 1. The van der Waals surface area contributed by atoms with E-state index in [0.717, 1.165) is 21.8 Å². The van der Waals surface area contributed by atoms with E-state index in [1.54, 1.807) is 0 Å². The highest BCUT2D eigenvalue weighted by molar-refractivity contribution is 7.13. The van der Waals surface area contributed by atoms with Crippen molar-refractivity contribution in [2.24, 2.45) is 0 Å². The lowest BCUT2D eigenvalue weighted by molar-refractivity contribution is 0.0954. The molecule has 0 aliphatic carbocycles. The van der Waals surface area contributed by atoms with Crippen LogP contribution in [0.3, 0.4) is 0 Å². The number of ether oxygens (including phenoxy) is 1. The van der Waals surface area contributed by atoms with Gasteiger partial charge in [0.2, 0.25) is 0 Å². The van der Waals surface area contributed by atoms with Gasteiger partial charge in [0.15, 0.2) is 0 Å². The molecule has 3 aromatic rings. The number of rotatable bonds is 8. The molecule has 146 valence electrons. The second kappa shape index (κ2) is 9.62. The Labute approximate surface area is 170 Å². The summed E-state index contributed by atoms with van der Waals surface area (Å²) in [6, 6.07) is 18.3. The van der Waals surface area contributed by atoms with Crippen molar-refractivity contribution >= 4 is 17.2 Å². The van der Waals surface area contributed by atoms with Crippen LogP contribution in [0, 0.1) is 6.92 Å². The second-order valence-corrected chi connectivity index (χ2v) is 8.13. The molecule has 3 rings (SSSR count). The first-order valence-electron chi connectivity index (χ1n) is 9.48. The largest absolute Gasteiger partial charge is 0.372 e. The molecule has 0 spiro atoms. The summed E-state index contributed by atoms with van der Waals surface area (Å²) in [5.41, 5.74) is 4.15. The van der Waals surface area contributed by atoms with Crippen molar-refractivity contribution in [3.63, 3.8) is 0 Å². The van der Waals surface area contributed by atoms with Crippen molar-refractivity contribution in [2.75, 3.05) is 0 Å². The maximum absolute atomic E-state index is 12.5. The molecule has 0 aliphatic rings. The molecule has 1 heterocycles. The van der Waals surface area contributed by atoms with Crippen molar-refractivity contribution in [1.82, 2.24) is 10.3 Å². The molecule has 0 unspecified atom stereocenters. The lowest BCUT2D eigenvalue weighted by Gasteiger charge is -2.07. The van der Waals surface area contributed by atoms with Crippen LogP contribution in [0.25, 0.3) is 0 Å². The SMILES string of the molecule is Cc1nc(C(C)C)sc1C(=O)NCc1ccc(COCc2ccccc2)cc1. The normalized spacial score (nSPS) is 11.0. The minimum Gasteiger partial charge on any atom is -0.372 e. The number of carbonyl (C=O) groups is 1. The van der Waals surface area contributed by atoms with E-state index in [4.69, 9.17) is 4.74 Å². The van der Waals surface area contributed by atoms with E-state index in [2.05, 4.69) is 36.3 Å². The summed E-state index contributed by atoms with van der Waals surface area (Å²) in [7, 11) is 0. The molecule has 2 aromatic carbocycles. The zero-order valence-electron chi connectivity index (χ0n) is 16.6. The first-order chi connectivity index (χ1) is 13.5. The third-order valence-corrected chi connectivity index (χ3v) is 5.83. The van der Waals surface area contributed by atoms with E-state index in [0.29, 0.717) is 30.6 Å². The number of hydrogen-bond donors (Lipinski definition) is 1. The van der Waals surface area contributed by atoms with Gasteiger partial charge >= 0.3 is 0 Å². The highest BCUT2D eigenvalue weighted by Gasteiger charge is 2.16. The predicted molar refractivity (Wildman–Crippen MR) is 113 cm³/mol. The summed E-state index contributed by atoms with van der Waals surface area (Å²) in [5, 5.41) is 4.00. The van der Waals surface area contributed by atoms with Crippen LogP contribution in [-0.4, -0.2) is 10.9 Å². The van der Waals surface area contributed by atoms with Crippen molar-refractivity contribution in [3.05, 3.63) is 86.9 Å². The number of aryl methyl sites for hydroxylation is 1. The molecule has 0 atom stereocenters. The minimum absolute atomic E-state index is 0.0582. The lowest BCUT2D eigenvalue weighted by Crippen LogP contribution is -2.22. The molecule has 0 saturated heterocycles. The molecule has 1 N–H and O–H groups in total. The molecule has 28 heavy (non-hydrogen) atoms. The van der Waals surface area contributed by atoms with Crippen LogP contribution in [0.15, 0.2) is 54.6 Å². The van der Waals surface area contributed by atoms with E-state index in [9.17, 15) is 4.79 Å². The summed E-state index contributed by atoms with van der Waals surface area (Å²) in [6.07, 6.45) is 0. The van der Waals surface area contributed by atoms with Crippen molar-refractivity contribution in [2.45, 2.75) is 46.4 Å². The van der Waals surface area contributed by atoms with Gasteiger partial charge in [0.05, 0.1) is 23.9 Å². The molecule has 0 saturated carbocycles. The molecule has 0 aliphatic heterocycles. The molecular weight excluding hydrogens is 368 g/mol. The number of hydrogen-bond acceptors (Lipinski definition) is 4. The minimum atomic E-state index is -0.0582. The maximum Gasteiger partial charge on any atom is 0.263 e. The van der Waals surface area contributed by atoms with Crippen LogP contribution in [0.2, 0.25) is 0 Å². The quantitative estimate of drug-likeness (QED) is 0.570. The van der Waals surface area contributed by atoms with Crippen molar-refractivity contribution < 1.29 is 9.53 Å². The summed E-state index contributed by atoms with van der Waals surface area (Å²) in [4.78, 5) is 17.7. The molecule has 0 fully saturated rings. The molecule has 1 aromatic heterocycles. The highest BCUT2D eigenvalue weighted by Crippen LogP contribution is 2.24. The van der Waals surface area contributed by atoms with E-state index >= 15 is 0 Å². The fraction of sp³-hybridized carbons (Fsp3) is 0.304. The third-order valence-electron chi connectivity index (χ3n) is 4.37. The first kappa shape index (κ1) is 20.2. The summed E-state index contributed by atoms with van der Waals surface area (Å²) in [5.74, 6) is 0.277. The molecule has 0 radical (unpaired) electrons. The molecule has 0 bridgehead atoms. The number of nitrogens with one attached hydrogen (secondary N) is 1. The van der Waals surface area contributed by atoms with Gasteiger partial charge in [-0.15, -0.1) is 11.3 Å². The zero-order chi connectivity index (χ0) is 19.9. The number of benzene rings is 2. The van der Waals surface area contributed by atoms with Crippen LogP contribution < -0.4 is 5.32 Å². The van der Waals surface area contributed by atoms with E-state index in [1.165, 1.54) is 16.9 Å². The van der Waals surface area contributed by atoms with Gasteiger partial charge in [0.25, 0.3) is 5.91 Å². The Kier molecular flexibility index (Phi) is 6.95. The Bertz CT molecular complexity index is 902. The molecule has 5 heteroatoms. The van der Waals surface area contributed by atoms with Crippen LogP contribution in [-0.2, 0) is 24.5 Å². The first-order valence-corrected chi connectivity index (χ1v) is 10.3. The van der Waals surface area contributed by atoms with Crippen LogP contribution in [0.1, 0.15) is 56.8 Å². The Balaban J connectivity index is 1.48. The fourth-order valence-electron chi connectivity index (χ4n) is 2.75. The average Bonchev–Trinajstić information content (AvgIpc) is 3.10. The van der Waals surface area contributed by atoms with Crippen molar-refractivity contribution in [1.29, 1.82) is 0 Å². The number of thiazole rings is 1. The van der Waals surface area contributed by atoms with Gasteiger partial charge in [-0.2, -0.15) is 0 Å². The summed E-state index contributed by atoms with van der Waals surface area (Å²) < 4.78 is 5.76. The van der Waals surface area contributed by atoms with Crippen LogP contribution in [0.5, 0.6) is 0 Å². The number of nitrogens with zero attached hydrogens (tertiary/aromatic N) is 1. The Morgan fingerprint density at radius 2 is 1.61 bits per heavy atom. The van der Waals surface area contributed by atoms with Crippen molar-refractivity contribution in [3.8, 4) is 0 Å². The van der Waals surface area contributed by atoms with Gasteiger partial charge in [-0.1, -0.05) is 68.4 Å². The second-order valence-electron chi connectivity index (χ2n) is 7.10. The Morgan fingerprint density at radius 3 is 2.21 bits per heavy atom. The van der Waals surface area contributed by atoms with Gasteiger partial charge in [-0.3, -0.25) is 4.79 Å². The Morgan fingerprint density at radius 1 is 1.00 bits per heavy atom. The molecular formula is C23H26N2O2S. The lowest BCUT2D eigenvalue weighted by atomic mass is 10.1. The van der Waals surface area contributed by atoms with Crippen LogP contribution >= 0.6 is 11.3 Å². The van der Waals surface area contributed by atoms with Gasteiger partial charge in [-0.25, -0.2) is 4.98 Å². The third kappa shape index (κ3) is 5.50. The van der Waals surface area contributed by atoms with E-state index in [-0.39, 0.29) is 5.91 Å². The number of carbonyl (C=O) groups excluding carboxylic acids is 1. The monoisotopic (exact) mass is 394 g/mol. The van der Waals surface area contributed by atoms with Gasteiger partial charge < -0.3 is 10.1 Å². The summed E-state index contributed by atoms with van der Waals surface area (Å²) in [6.45, 7) is 7.74. The smallest absolute Gasteiger partial charge is 0.263 e. The standard InChI is InChI=1S/C23H26N2O2S/c1-16(2)23-25-17(3)21(28-23)22(26)24-13-18-9-11-20(12-10-18)15-27-14-19-7-5-4-6-8-19/h4-12,16H,13-15H2,1-3H3,(H,24,26). The van der Waals surface area contributed by atoms with Gasteiger partial charge in [-0.05, 0) is 23.6 Å². The average molecular weight is 395 g/mol. The van der Waals surface area contributed by atoms with E-state index < -0.39 is 0 Å². The maximum atomic E-state index is 12.5. The molecule has 1 amide bonds. The number of aromatic nitrogens is 1. The topological polar surface area (TPSA) is 51.2 Å². The fourth-order valence-corrected chi connectivity index (χ4v) is 3.74. The zero-order valence-corrected chi connectivity index (χ0v) is 17.4. The highest BCUT2D eigenvalue weighted by atomic mass is 32.1. The van der Waals surface area contributed by atoms with Gasteiger partial charge in [0, 0.05) is 12.5 Å². The predicted octanol–water partition coefficient (Wildman–Crippen LogP) is 5.22. The van der Waals surface area contributed by atoms with E-state index in [1.807, 2.05) is 49.4 Å². The molecule has 4 nitrogen and oxygen atoms in total.